The van der Waals surface area contributed by atoms with Crippen LogP contribution in [0.15, 0.2) is 35.3 Å². The van der Waals surface area contributed by atoms with Crippen LogP contribution in [0.25, 0.3) is 0 Å². The van der Waals surface area contributed by atoms with Gasteiger partial charge in [0.1, 0.15) is 12.4 Å². The Hall–Kier alpha value is -2.41. The van der Waals surface area contributed by atoms with Gasteiger partial charge < -0.3 is 19.9 Å². The van der Waals surface area contributed by atoms with Crippen molar-refractivity contribution in [2.24, 2.45) is 4.99 Å². The number of rotatable bonds is 9. The lowest BCUT2D eigenvalue weighted by Gasteiger charge is -2.14. The van der Waals surface area contributed by atoms with E-state index in [1.807, 2.05) is 18.2 Å². The molecule has 27 heavy (non-hydrogen) atoms. The van der Waals surface area contributed by atoms with Crippen molar-refractivity contribution in [3.8, 4) is 0 Å². The number of ether oxygens (including phenoxy) is 1. The number of aliphatic imine (C=N–C) groups is 1. The van der Waals surface area contributed by atoms with Gasteiger partial charge >= 0.3 is 0 Å². The molecule has 7 heteroatoms. The summed E-state index contributed by atoms with van der Waals surface area (Å²) in [6, 6.07) is 10.3. The van der Waals surface area contributed by atoms with E-state index < -0.39 is 0 Å². The van der Waals surface area contributed by atoms with Crippen LogP contribution in [0.2, 0.25) is 0 Å². The lowest BCUT2D eigenvalue weighted by molar-refractivity contribution is 0.0646. The molecule has 3 rings (SSSR count). The monoisotopic (exact) mass is 370 g/mol. The van der Waals surface area contributed by atoms with Crippen LogP contribution in [0.3, 0.4) is 0 Å². The third-order valence-corrected chi connectivity index (χ3v) is 4.66. The average Bonchev–Trinajstić information content (AvgIpc) is 3.30. The van der Waals surface area contributed by atoms with E-state index in [-0.39, 0.29) is 6.10 Å². The van der Waals surface area contributed by atoms with Gasteiger partial charge in [0.05, 0.1) is 6.10 Å². The van der Waals surface area contributed by atoms with Crippen molar-refractivity contribution in [2.75, 3.05) is 19.7 Å². The fraction of sp³-hybridized carbons (Fsp3) is 0.550. The number of benzene rings is 1. The van der Waals surface area contributed by atoms with E-state index in [9.17, 15) is 0 Å². The van der Waals surface area contributed by atoms with Gasteiger partial charge in [0.15, 0.2) is 11.8 Å². The minimum Gasteiger partial charge on any atom is -0.374 e. The lowest BCUT2D eigenvalue weighted by Crippen LogP contribution is -2.38. The molecule has 0 radical (unpaired) electrons. The Kier molecular flexibility index (Phi) is 7.21. The van der Waals surface area contributed by atoms with Crippen LogP contribution >= 0.6 is 0 Å². The first-order valence-electron chi connectivity index (χ1n) is 9.87. The van der Waals surface area contributed by atoms with E-state index in [1.165, 1.54) is 5.56 Å². The molecule has 1 aromatic heterocycles. The molecule has 1 aromatic carbocycles. The minimum absolute atomic E-state index is 0.114. The molecule has 0 bridgehead atoms. The maximum absolute atomic E-state index is 5.92. The molecule has 0 saturated heterocycles. The highest BCUT2D eigenvalue weighted by molar-refractivity contribution is 5.79. The number of nitrogens with zero attached hydrogens (tertiary/aromatic N) is 4. The first kappa shape index (κ1) is 19.4. The van der Waals surface area contributed by atoms with Crippen molar-refractivity contribution in [2.45, 2.75) is 52.3 Å². The first-order valence-corrected chi connectivity index (χ1v) is 9.87. The molecule has 0 saturated carbocycles. The van der Waals surface area contributed by atoms with E-state index in [0.29, 0.717) is 13.2 Å². The van der Waals surface area contributed by atoms with Crippen LogP contribution < -0.4 is 10.6 Å². The van der Waals surface area contributed by atoms with Crippen molar-refractivity contribution in [1.29, 1.82) is 0 Å². The predicted molar refractivity (Wildman–Crippen MR) is 107 cm³/mol. The molecule has 7 nitrogen and oxygen atoms in total. The minimum atomic E-state index is 0.114. The zero-order valence-electron chi connectivity index (χ0n) is 16.3. The van der Waals surface area contributed by atoms with Gasteiger partial charge in [0.2, 0.25) is 0 Å². The van der Waals surface area contributed by atoms with E-state index >= 15 is 0 Å². The zero-order valence-corrected chi connectivity index (χ0v) is 16.3. The van der Waals surface area contributed by atoms with Gasteiger partial charge in [-0.25, -0.2) is 4.99 Å². The fourth-order valence-electron chi connectivity index (χ4n) is 3.18. The fourth-order valence-corrected chi connectivity index (χ4v) is 3.18. The van der Waals surface area contributed by atoms with Gasteiger partial charge in [-0.3, -0.25) is 0 Å². The molecule has 0 amide bonds. The van der Waals surface area contributed by atoms with Crippen LogP contribution in [-0.2, 0) is 24.2 Å². The predicted octanol–water partition coefficient (Wildman–Crippen LogP) is 2.45. The summed E-state index contributed by atoms with van der Waals surface area (Å²) in [7, 11) is 0. The van der Waals surface area contributed by atoms with Gasteiger partial charge in [-0.2, -0.15) is 0 Å². The number of aromatic nitrogens is 3. The number of aryl methyl sites for hydroxylation is 1. The summed E-state index contributed by atoms with van der Waals surface area (Å²) in [6.07, 6.45) is 3.21. The van der Waals surface area contributed by atoms with Crippen LogP contribution in [0, 0.1) is 0 Å². The average molecular weight is 371 g/mol. The van der Waals surface area contributed by atoms with Crippen LogP contribution in [0.1, 0.15) is 50.0 Å². The van der Waals surface area contributed by atoms with E-state index in [2.05, 4.69) is 56.4 Å². The Morgan fingerprint density at radius 2 is 2.11 bits per heavy atom. The molecule has 2 aromatic rings. The summed E-state index contributed by atoms with van der Waals surface area (Å²) in [5.41, 5.74) is 1.21. The van der Waals surface area contributed by atoms with Crippen LogP contribution in [-0.4, -0.2) is 40.4 Å². The van der Waals surface area contributed by atoms with Crippen molar-refractivity contribution in [3.63, 3.8) is 0 Å². The van der Waals surface area contributed by atoms with E-state index in [1.54, 1.807) is 0 Å². The Morgan fingerprint density at radius 3 is 2.93 bits per heavy atom. The number of nitrogens with one attached hydrogen (secondary N) is 2. The highest BCUT2D eigenvalue weighted by Gasteiger charge is 2.16. The second-order valence-electron chi connectivity index (χ2n) is 6.69. The maximum Gasteiger partial charge on any atom is 0.191 e. The molecule has 0 spiro atoms. The van der Waals surface area contributed by atoms with Crippen molar-refractivity contribution >= 4 is 5.96 Å². The molecule has 1 atom stereocenters. The molecule has 0 aliphatic carbocycles. The Bertz CT molecular complexity index is 727. The normalized spacial score (nSPS) is 14.8. The highest BCUT2D eigenvalue weighted by atomic mass is 16.5. The molecule has 2 N–H and O–H groups in total. The second kappa shape index (κ2) is 10.1. The summed E-state index contributed by atoms with van der Waals surface area (Å²) in [5.74, 6) is 2.84. The molecular formula is C20H30N6O. The highest BCUT2D eigenvalue weighted by Crippen LogP contribution is 2.16. The van der Waals surface area contributed by atoms with Crippen molar-refractivity contribution in [1.82, 2.24) is 25.4 Å². The van der Waals surface area contributed by atoms with Gasteiger partial charge in [-0.15, -0.1) is 10.2 Å². The topological polar surface area (TPSA) is 76.4 Å². The number of fused-ring (bicyclic) bond motifs is 1. The van der Waals surface area contributed by atoms with Gasteiger partial charge in [-0.05, 0) is 32.3 Å². The standard InChI is InChI=1S/C20H30N6O/c1-3-21-20(23-15-19-25-24-18-11-7-13-26(18)19)22-12-8-14-27-16(2)17-9-5-4-6-10-17/h4-6,9-10,16H,3,7-8,11-15H2,1-2H3,(H2,21,22,23). The van der Waals surface area contributed by atoms with Gasteiger partial charge in [0.25, 0.3) is 0 Å². The van der Waals surface area contributed by atoms with Crippen LogP contribution in [0.5, 0.6) is 0 Å². The van der Waals surface area contributed by atoms with E-state index in [0.717, 1.165) is 56.5 Å². The maximum atomic E-state index is 5.92. The molecule has 1 unspecified atom stereocenters. The SMILES string of the molecule is CCNC(=NCc1nnc2n1CCC2)NCCCOC(C)c1ccccc1. The zero-order chi connectivity index (χ0) is 18.9. The third-order valence-electron chi connectivity index (χ3n) is 4.66. The first-order chi connectivity index (χ1) is 13.3. The van der Waals surface area contributed by atoms with E-state index in [4.69, 9.17) is 4.74 Å². The lowest BCUT2D eigenvalue weighted by atomic mass is 10.1. The Balaban J connectivity index is 1.40. The molecule has 0 fully saturated rings. The van der Waals surface area contributed by atoms with Gasteiger partial charge in [0, 0.05) is 32.7 Å². The van der Waals surface area contributed by atoms with Crippen LogP contribution in [0.4, 0.5) is 0 Å². The molecular weight excluding hydrogens is 340 g/mol. The number of hydrogen-bond donors (Lipinski definition) is 2. The summed E-state index contributed by atoms with van der Waals surface area (Å²) in [4.78, 5) is 4.64. The summed E-state index contributed by atoms with van der Waals surface area (Å²) >= 11 is 0. The summed E-state index contributed by atoms with van der Waals surface area (Å²) in [5, 5.41) is 15.1. The van der Waals surface area contributed by atoms with Crippen molar-refractivity contribution < 1.29 is 4.74 Å². The molecule has 1 aliphatic rings. The molecule has 146 valence electrons. The number of hydrogen-bond acceptors (Lipinski definition) is 4. The Morgan fingerprint density at radius 1 is 1.26 bits per heavy atom. The third kappa shape index (κ3) is 5.53. The smallest absolute Gasteiger partial charge is 0.191 e. The molecule has 2 heterocycles. The quantitative estimate of drug-likeness (QED) is 0.403. The second-order valence-corrected chi connectivity index (χ2v) is 6.69. The number of guanidine groups is 1. The van der Waals surface area contributed by atoms with Crippen molar-refractivity contribution in [3.05, 3.63) is 47.5 Å². The Labute approximate surface area is 161 Å². The summed E-state index contributed by atoms with van der Waals surface area (Å²) in [6.45, 7) is 8.05. The molecule has 1 aliphatic heterocycles. The largest absolute Gasteiger partial charge is 0.374 e. The van der Waals surface area contributed by atoms with Gasteiger partial charge in [-0.1, -0.05) is 30.3 Å². The summed E-state index contributed by atoms with van der Waals surface area (Å²) < 4.78 is 8.10.